The highest BCUT2D eigenvalue weighted by Gasteiger charge is 2.16. The van der Waals surface area contributed by atoms with Gasteiger partial charge in [0.05, 0.1) is 0 Å². The molecule has 0 saturated heterocycles. The zero-order valence-electron chi connectivity index (χ0n) is 10.3. The number of hydrogen-bond donors (Lipinski definition) is 0. The van der Waals surface area contributed by atoms with Crippen molar-refractivity contribution in [3.63, 3.8) is 0 Å². The average Bonchev–Trinajstić information content (AvgIpc) is 2.26. The van der Waals surface area contributed by atoms with Gasteiger partial charge in [0, 0.05) is 0 Å². The van der Waals surface area contributed by atoms with E-state index in [2.05, 4.69) is 32.9 Å². The van der Waals surface area contributed by atoms with Crippen molar-refractivity contribution in [3.05, 3.63) is 34.4 Å². The molecule has 0 radical (unpaired) electrons. The highest BCUT2D eigenvalue weighted by Crippen LogP contribution is 2.34. The third-order valence-electron chi connectivity index (χ3n) is 4.03. The van der Waals surface area contributed by atoms with Crippen LogP contribution in [-0.4, -0.2) is 0 Å². The summed E-state index contributed by atoms with van der Waals surface area (Å²) >= 11 is 0. The summed E-state index contributed by atoms with van der Waals surface area (Å²) in [6.45, 7) is 6.72. The van der Waals surface area contributed by atoms with Crippen LogP contribution in [0.2, 0.25) is 0 Å². The molecule has 1 aliphatic rings. The van der Waals surface area contributed by atoms with E-state index < -0.39 is 0 Å². The van der Waals surface area contributed by atoms with Crippen LogP contribution < -0.4 is 0 Å². The summed E-state index contributed by atoms with van der Waals surface area (Å²) in [4.78, 5) is 0. The van der Waals surface area contributed by atoms with Gasteiger partial charge in [-0.05, 0) is 61.8 Å². The fourth-order valence-corrected chi connectivity index (χ4v) is 2.74. The van der Waals surface area contributed by atoms with E-state index in [-0.39, 0.29) is 0 Å². The van der Waals surface area contributed by atoms with Crippen molar-refractivity contribution in [1.29, 1.82) is 0 Å². The molecule has 1 saturated carbocycles. The minimum absolute atomic E-state index is 0.844. The van der Waals surface area contributed by atoms with Crippen LogP contribution in [0.25, 0.3) is 0 Å². The van der Waals surface area contributed by atoms with E-state index in [1.165, 1.54) is 48.8 Å². The molecule has 1 aromatic rings. The molecular formula is C15H22. The highest BCUT2D eigenvalue weighted by atomic mass is 14.2. The molecule has 0 heteroatoms. The van der Waals surface area contributed by atoms with Crippen LogP contribution in [0.5, 0.6) is 0 Å². The summed E-state index contributed by atoms with van der Waals surface area (Å²) < 4.78 is 0. The number of rotatable bonds is 1. The Bertz CT molecular complexity index is 320. The summed E-state index contributed by atoms with van der Waals surface area (Å²) in [5, 5.41) is 0. The summed E-state index contributed by atoms with van der Waals surface area (Å²) in [5.41, 5.74) is 6.00. The molecule has 15 heavy (non-hydrogen) atoms. The maximum atomic E-state index is 2.42. The largest absolute Gasteiger partial charge is 0.0555 e. The van der Waals surface area contributed by atoms with E-state index >= 15 is 0 Å². The van der Waals surface area contributed by atoms with Crippen molar-refractivity contribution in [2.45, 2.75) is 58.8 Å². The van der Waals surface area contributed by atoms with Crippen molar-refractivity contribution in [1.82, 2.24) is 0 Å². The van der Waals surface area contributed by atoms with Crippen molar-refractivity contribution in [2.75, 3.05) is 0 Å². The van der Waals surface area contributed by atoms with Gasteiger partial charge in [0.1, 0.15) is 0 Å². The van der Waals surface area contributed by atoms with Crippen molar-refractivity contribution < 1.29 is 0 Å². The minimum atomic E-state index is 0.844. The normalized spacial score (nSPS) is 18.1. The lowest BCUT2D eigenvalue weighted by Crippen LogP contribution is -2.05. The van der Waals surface area contributed by atoms with E-state index in [0.717, 1.165) is 5.92 Å². The lowest BCUT2D eigenvalue weighted by molar-refractivity contribution is 0.443. The molecule has 0 bridgehead atoms. The zero-order chi connectivity index (χ0) is 10.8. The second kappa shape index (κ2) is 4.38. The maximum Gasteiger partial charge on any atom is -0.0162 e. The molecule has 0 amide bonds. The van der Waals surface area contributed by atoms with E-state index in [4.69, 9.17) is 0 Å². The first kappa shape index (κ1) is 10.7. The molecule has 0 aromatic heterocycles. The Balaban J connectivity index is 2.27. The number of hydrogen-bond acceptors (Lipinski definition) is 0. The standard InChI is InChI=1S/C15H22/c1-11-9-15(10-12(2)13(11)3)14-7-5-4-6-8-14/h9-10,14H,4-8H2,1-3H3. The predicted octanol–water partition coefficient (Wildman–Crippen LogP) is 4.66. The molecule has 1 aromatic carbocycles. The Morgan fingerprint density at radius 3 is 1.93 bits per heavy atom. The molecule has 2 rings (SSSR count). The monoisotopic (exact) mass is 202 g/mol. The van der Waals surface area contributed by atoms with Gasteiger partial charge >= 0.3 is 0 Å². The molecule has 82 valence electrons. The Hall–Kier alpha value is -0.780. The molecule has 0 N–H and O–H groups in total. The molecule has 0 heterocycles. The van der Waals surface area contributed by atoms with Gasteiger partial charge in [-0.15, -0.1) is 0 Å². The Labute approximate surface area is 93.7 Å². The van der Waals surface area contributed by atoms with Crippen molar-refractivity contribution in [2.24, 2.45) is 0 Å². The van der Waals surface area contributed by atoms with E-state index in [1.54, 1.807) is 5.56 Å². The molecule has 1 fully saturated rings. The third-order valence-corrected chi connectivity index (χ3v) is 4.03. The maximum absolute atomic E-state index is 2.42. The Morgan fingerprint density at radius 1 is 0.867 bits per heavy atom. The average molecular weight is 202 g/mol. The zero-order valence-corrected chi connectivity index (χ0v) is 10.3. The van der Waals surface area contributed by atoms with Crippen LogP contribution in [0.15, 0.2) is 12.1 Å². The summed E-state index contributed by atoms with van der Waals surface area (Å²) in [6.07, 6.45) is 7.11. The molecular weight excluding hydrogens is 180 g/mol. The fourth-order valence-electron chi connectivity index (χ4n) is 2.74. The molecule has 1 aliphatic carbocycles. The Kier molecular flexibility index (Phi) is 3.14. The van der Waals surface area contributed by atoms with E-state index in [1.807, 2.05) is 0 Å². The van der Waals surface area contributed by atoms with Crippen LogP contribution in [0, 0.1) is 20.8 Å². The number of benzene rings is 1. The second-order valence-electron chi connectivity index (χ2n) is 5.11. The number of aryl methyl sites for hydroxylation is 2. The first-order valence-corrected chi connectivity index (χ1v) is 6.26. The quantitative estimate of drug-likeness (QED) is 0.621. The van der Waals surface area contributed by atoms with Crippen LogP contribution in [-0.2, 0) is 0 Å². The SMILES string of the molecule is Cc1cc(C2CCCCC2)cc(C)c1C. The van der Waals surface area contributed by atoms with Gasteiger partial charge in [-0.1, -0.05) is 31.4 Å². The summed E-state index contributed by atoms with van der Waals surface area (Å²) in [6, 6.07) is 4.83. The van der Waals surface area contributed by atoms with E-state index in [0.29, 0.717) is 0 Å². The lowest BCUT2D eigenvalue weighted by Gasteiger charge is -2.23. The fraction of sp³-hybridized carbons (Fsp3) is 0.600. The molecule has 0 spiro atoms. The summed E-state index contributed by atoms with van der Waals surface area (Å²) in [5.74, 6) is 0.844. The molecule has 0 unspecified atom stereocenters. The molecule has 0 atom stereocenters. The first-order chi connectivity index (χ1) is 7.18. The predicted molar refractivity (Wildman–Crippen MR) is 66.5 cm³/mol. The van der Waals surface area contributed by atoms with E-state index in [9.17, 15) is 0 Å². The van der Waals surface area contributed by atoms with Crippen molar-refractivity contribution in [3.8, 4) is 0 Å². The van der Waals surface area contributed by atoms with Gasteiger partial charge in [0.25, 0.3) is 0 Å². The first-order valence-electron chi connectivity index (χ1n) is 6.26. The third kappa shape index (κ3) is 2.25. The molecule has 0 nitrogen and oxygen atoms in total. The Morgan fingerprint density at radius 2 is 1.40 bits per heavy atom. The lowest BCUT2D eigenvalue weighted by atomic mass is 9.82. The van der Waals surface area contributed by atoms with Crippen LogP contribution in [0.4, 0.5) is 0 Å². The second-order valence-corrected chi connectivity index (χ2v) is 5.11. The van der Waals surface area contributed by atoms with Gasteiger partial charge in [0.2, 0.25) is 0 Å². The van der Waals surface area contributed by atoms with Crippen LogP contribution >= 0.6 is 0 Å². The smallest absolute Gasteiger partial charge is 0.0162 e. The van der Waals surface area contributed by atoms with Crippen LogP contribution in [0.3, 0.4) is 0 Å². The van der Waals surface area contributed by atoms with Gasteiger partial charge in [0.15, 0.2) is 0 Å². The summed E-state index contributed by atoms with van der Waals surface area (Å²) in [7, 11) is 0. The van der Waals surface area contributed by atoms with Crippen LogP contribution in [0.1, 0.15) is 60.3 Å². The minimum Gasteiger partial charge on any atom is -0.0555 e. The van der Waals surface area contributed by atoms with Gasteiger partial charge in [-0.2, -0.15) is 0 Å². The van der Waals surface area contributed by atoms with Gasteiger partial charge in [-0.25, -0.2) is 0 Å². The van der Waals surface area contributed by atoms with Gasteiger partial charge in [-0.3, -0.25) is 0 Å². The topological polar surface area (TPSA) is 0 Å². The van der Waals surface area contributed by atoms with Crippen molar-refractivity contribution >= 4 is 0 Å². The highest BCUT2D eigenvalue weighted by molar-refractivity contribution is 5.38. The molecule has 0 aliphatic heterocycles. The van der Waals surface area contributed by atoms with Gasteiger partial charge < -0.3 is 0 Å².